The predicted molar refractivity (Wildman–Crippen MR) is 89.5 cm³/mol. The summed E-state index contributed by atoms with van der Waals surface area (Å²) in [5, 5.41) is 16.5. The molecule has 0 radical (unpaired) electrons. The summed E-state index contributed by atoms with van der Waals surface area (Å²) in [6, 6.07) is 3.62. The van der Waals surface area contributed by atoms with Gasteiger partial charge in [0.05, 0.1) is 12.2 Å². The predicted octanol–water partition coefficient (Wildman–Crippen LogP) is 1.97. The molecule has 1 aliphatic rings. The van der Waals surface area contributed by atoms with E-state index in [4.69, 9.17) is 5.11 Å². The average Bonchev–Trinajstić information content (AvgIpc) is 3.12. The molecule has 3 heterocycles. The van der Waals surface area contributed by atoms with Crippen molar-refractivity contribution in [1.82, 2.24) is 24.9 Å². The second-order valence-electron chi connectivity index (χ2n) is 6.57. The Morgan fingerprint density at radius 2 is 2.08 bits per heavy atom. The molecule has 1 N–H and O–H groups in total. The van der Waals surface area contributed by atoms with Crippen LogP contribution in [0.5, 0.6) is 0 Å². The highest BCUT2D eigenvalue weighted by molar-refractivity contribution is 5.92. The molecule has 25 heavy (non-hydrogen) atoms. The summed E-state index contributed by atoms with van der Waals surface area (Å²) < 4.78 is 1.54. The molecule has 8 heteroatoms. The minimum Gasteiger partial charge on any atom is -0.476 e. The summed E-state index contributed by atoms with van der Waals surface area (Å²) >= 11 is 0. The van der Waals surface area contributed by atoms with Crippen LogP contribution in [0.2, 0.25) is 0 Å². The molecule has 0 aliphatic carbocycles. The van der Waals surface area contributed by atoms with Crippen LogP contribution in [0.4, 0.5) is 0 Å². The number of aromatic carboxylic acids is 1. The minimum absolute atomic E-state index is 0.0757. The van der Waals surface area contributed by atoms with Crippen molar-refractivity contribution in [2.45, 2.75) is 38.6 Å². The molecule has 0 bridgehead atoms. The van der Waals surface area contributed by atoms with E-state index in [0.717, 1.165) is 18.4 Å². The van der Waals surface area contributed by atoms with E-state index in [9.17, 15) is 9.59 Å². The molecule has 3 rings (SSSR count). The summed E-state index contributed by atoms with van der Waals surface area (Å²) in [4.78, 5) is 29.7. The van der Waals surface area contributed by atoms with Gasteiger partial charge in [-0.05, 0) is 30.4 Å². The monoisotopic (exact) mass is 343 g/mol. The highest BCUT2D eigenvalue weighted by Gasteiger charge is 2.27. The summed E-state index contributed by atoms with van der Waals surface area (Å²) in [5.74, 6) is -0.852. The van der Waals surface area contributed by atoms with Gasteiger partial charge in [0.2, 0.25) is 0 Å². The molecule has 8 nitrogen and oxygen atoms in total. The fourth-order valence-electron chi connectivity index (χ4n) is 2.94. The van der Waals surface area contributed by atoms with Gasteiger partial charge in [-0.3, -0.25) is 9.78 Å². The number of rotatable bonds is 4. The molecule has 1 unspecified atom stereocenters. The molecule has 132 valence electrons. The number of likely N-dealkylation sites (tertiary alicyclic amines) is 1. The molecular formula is C17H21N5O3. The lowest BCUT2D eigenvalue weighted by Crippen LogP contribution is -2.41. The van der Waals surface area contributed by atoms with Crippen molar-refractivity contribution in [1.29, 1.82) is 0 Å². The molecule has 0 aromatic carbocycles. The molecule has 0 saturated carbocycles. The maximum atomic E-state index is 12.7. The first kappa shape index (κ1) is 17.1. The third kappa shape index (κ3) is 3.67. The number of carbonyl (C=O) groups is 2. The number of aromatic nitrogens is 4. The highest BCUT2D eigenvalue weighted by Crippen LogP contribution is 2.22. The summed E-state index contributed by atoms with van der Waals surface area (Å²) in [6.07, 6.45) is 4.81. The first-order chi connectivity index (χ1) is 12.0. The molecule has 0 spiro atoms. The highest BCUT2D eigenvalue weighted by atomic mass is 16.4. The molecule has 1 amide bonds. The van der Waals surface area contributed by atoms with Gasteiger partial charge < -0.3 is 10.0 Å². The van der Waals surface area contributed by atoms with Crippen LogP contribution in [-0.2, 0) is 0 Å². The van der Waals surface area contributed by atoms with E-state index < -0.39 is 5.97 Å². The first-order valence-corrected chi connectivity index (χ1v) is 8.36. The van der Waals surface area contributed by atoms with Crippen LogP contribution in [0.25, 0.3) is 0 Å². The standard InChI is InChI=1S/C17H21N5O3/c1-11(2)12-5-6-14(18-8-12)16(23)21-7-3-4-13(9-21)22-10-15(17(24)25)19-20-22/h5-6,8,10-11,13H,3-4,7,9H2,1-2H3,(H,24,25). The molecule has 1 atom stereocenters. The topological polar surface area (TPSA) is 101 Å². The largest absolute Gasteiger partial charge is 0.476 e. The number of amides is 1. The third-order valence-electron chi connectivity index (χ3n) is 4.46. The van der Waals surface area contributed by atoms with Gasteiger partial charge in [0.1, 0.15) is 5.69 Å². The van der Waals surface area contributed by atoms with Crippen molar-refractivity contribution in [3.63, 3.8) is 0 Å². The summed E-state index contributed by atoms with van der Waals surface area (Å²) in [6.45, 7) is 5.28. The van der Waals surface area contributed by atoms with Crippen LogP contribution < -0.4 is 0 Å². The summed E-state index contributed by atoms with van der Waals surface area (Å²) in [7, 11) is 0. The summed E-state index contributed by atoms with van der Waals surface area (Å²) in [5.41, 5.74) is 1.43. The van der Waals surface area contributed by atoms with E-state index in [1.54, 1.807) is 17.2 Å². The Morgan fingerprint density at radius 1 is 1.28 bits per heavy atom. The minimum atomic E-state index is -1.11. The van der Waals surface area contributed by atoms with Gasteiger partial charge in [0.15, 0.2) is 5.69 Å². The maximum Gasteiger partial charge on any atom is 0.358 e. The van der Waals surface area contributed by atoms with Crippen LogP contribution in [0.15, 0.2) is 24.5 Å². The Morgan fingerprint density at radius 3 is 2.68 bits per heavy atom. The van der Waals surface area contributed by atoms with Crippen LogP contribution in [0.3, 0.4) is 0 Å². The van der Waals surface area contributed by atoms with E-state index in [-0.39, 0.29) is 17.6 Å². The SMILES string of the molecule is CC(C)c1ccc(C(=O)N2CCCC(n3cc(C(=O)O)nn3)C2)nc1. The lowest BCUT2D eigenvalue weighted by atomic mass is 10.0. The lowest BCUT2D eigenvalue weighted by Gasteiger charge is -2.32. The van der Waals surface area contributed by atoms with Gasteiger partial charge >= 0.3 is 5.97 Å². The fraction of sp³-hybridized carbons (Fsp3) is 0.471. The molecular weight excluding hydrogens is 322 g/mol. The fourth-order valence-corrected chi connectivity index (χ4v) is 2.94. The first-order valence-electron chi connectivity index (χ1n) is 8.36. The number of piperidine rings is 1. The molecule has 1 saturated heterocycles. The number of nitrogens with zero attached hydrogens (tertiary/aromatic N) is 5. The Kier molecular flexibility index (Phi) is 4.78. The molecule has 2 aromatic rings. The van der Waals surface area contributed by atoms with Gasteiger partial charge in [0.25, 0.3) is 5.91 Å². The van der Waals surface area contributed by atoms with Gasteiger partial charge in [-0.1, -0.05) is 25.1 Å². The zero-order valence-corrected chi connectivity index (χ0v) is 14.3. The van der Waals surface area contributed by atoms with Crippen molar-refractivity contribution in [3.05, 3.63) is 41.5 Å². The number of hydrogen-bond acceptors (Lipinski definition) is 5. The second kappa shape index (κ2) is 7.00. The van der Waals surface area contributed by atoms with Crippen molar-refractivity contribution in [2.24, 2.45) is 0 Å². The third-order valence-corrected chi connectivity index (χ3v) is 4.46. The van der Waals surface area contributed by atoms with Crippen molar-refractivity contribution in [3.8, 4) is 0 Å². The number of carboxylic acids is 1. The number of pyridine rings is 1. The van der Waals surface area contributed by atoms with Gasteiger partial charge in [0, 0.05) is 19.3 Å². The number of carboxylic acid groups (broad SMARTS) is 1. The van der Waals surface area contributed by atoms with Gasteiger partial charge in [-0.2, -0.15) is 0 Å². The van der Waals surface area contributed by atoms with Gasteiger partial charge in [-0.25, -0.2) is 9.48 Å². The smallest absolute Gasteiger partial charge is 0.358 e. The van der Waals surface area contributed by atoms with E-state index in [1.165, 1.54) is 10.9 Å². The zero-order chi connectivity index (χ0) is 18.0. The van der Waals surface area contributed by atoms with E-state index in [1.807, 2.05) is 6.07 Å². The van der Waals surface area contributed by atoms with E-state index in [0.29, 0.717) is 24.7 Å². The zero-order valence-electron chi connectivity index (χ0n) is 14.3. The quantitative estimate of drug-likeness (QED) is 0.911. The lowest BCUT2D eigenvalue weighted by molar-refractivity contribution is 0.0661. The number of carbonyl (C=O) groups excluding carboxylic acids is 1. The Hall–Kier alpha value is -2.77. The van der Waals surface area contributed by atoms with Crippen LogP contribution in [0, 0.1) is 0 Å². The number of hydrogen-bond donors (Lipinski definition) is 1. The average molecular weight is 343 g/mol. The van der Waals surface area contributed by atoms with Crippen molar-refractivity contribution >= 4 is 11.9 Å². The van der Waals surface area contributed by atoms with E-state index in [2.05, 4.69) is 29.1 Å². The molecule has 2 aromatic heterocycles. The van der Waals surface area contributed by atoms with Crippen LogP contribution >= 0.6 is 0 Å². The van der Waals surface area contributed by atoms with Crippen LogP contribution in [-0.4, -0.2) is 55.0 Å². The Balaban J connectivity index is 1.71. The van der Waals surface area contributed by atoms with Crippen molar-refractivity contribution in [2.75, 3.05) is 13.1 Å². The Bertz CT molecular complexity index is 769. The molecule has 1 fully saturated rings. The maximum absolute atomic E-state index is 12.7. The van der Waals surface area contributed by atoms with E-state index >= 15 is 0 Å². The normalized spacial score (nSPS) is 17.7. The Labute approximate surface area is 145 Å². The van der Waals surface area contributed by atoms with Gasteiger partial charge in [-0.15, -0.1) is 5.10 Å². The van der Waals surface area contributed by atoms with Crippen LogP contribution in [0.1, 0.15) is 65.2 Å². The molecule has 1 aliphatic heterocycles. The van der Waals surface area contributed by atoms with Crippen molar-refractivity contribution < 1.29 is 14.7 Å². The second-order valence-corrected chi connectivity index (χ2v) is 6.57.